The number of carbonyl (C=O) groups is 1. The van der Waals surface area contributed by atoms with Crippen molar-refractivity contribution in [3.8, 4) is 0 Å². The average Bonchev–Trinajstić information content (AvgIpc) is 3.05. The molecule has 4 nitrogen and oxygen atoms in total. The second kappa shape index (κ2) is 5.17. The molecule has 4 heteroatoms. The minimum absolute atomic E-state index is 0.0947. The Kier molecular flexibility index (Phi) is 3.21. The van der Waals surface area contributed by atoms with Crippen LogP contribution in [-0.4, -0.2) is 16.6 Å². The highest BCUT2D eigenvalue weighted by Gasteiger charge is 2.27. The first kappa shape index (κ1) is 12.4. The summed E-state index contributed by atoms with van der Waals surface area (Å²) in [5, 5.41) is 0. The van der Waals surface area contributed by atoms with E-state index in [2.05, 4.69) is 4.99 Å². The number of benzene rings is 1. The van der Waals surface area contributed by atoms with Crippen LogP contribution in [-0.2, 0) is 11.3 Å². The molecule has 1 aliphatic rings. The van der Waals surface area contributed by atoms with Crippen molar-refractivity contribution in [1.29, 1.82) is 0 Å². The van der Waals surface area contributed by atoms with E-state index in [1.165, 1.54) is 0 Å². The summed E-state index contributed by atoms with van der Waals surface area (Å²) in [7, 11) is 0. The highest BCUT2D eigenvalue weighted by Crippen LogP contribution is 2.20. The molecule has 3 rings (SSSR count). The third kappa shape index (κ3) is 2.40. The highest BCUT2D eigenvalue weighted by atomic mass is 16.3. The molecule has 0 fully saturated rings. The molecule has 0 radical (unpaired) electrons. The number of hydrogen-bond acceptors (Lipinski definition) is 3. The number of rotatable bonds is 3. The van der Waals surface area contributed by atoms with Gasteiger partial charge in [-0.15, -0.1) is 0 Å². The van der Waals surface area contributed by atoms with Gasteiger partial charge in [0.15, 0.2) is 0 Å². The maximum atomic E-state index is 12.3. The van der Waals surface area contributed by atoms with E-state index in [4.69, 9.17) is 4.42 Å². The molecule has 100 valence electrons. The molecule has 2 heterocycles. The number of amidine groups is 1. The number of aliphatic imine (C=N–C) groups is 1. The van der Waals surface area contributed by atoms with Crippen molar-refractivity contribution >= 4 is 17.8 Å². The molecule has 0 spiro atoms. The van der Waals surface area contributed by atoms with Crippen LogP contribution in [0.2, 0.25) is 0 Å². The molecule has 0 aliphatic carbocycles. The maximum absolute atomic E-state index is 12.3. The van der Waals surface area contributed by atoms with E-state index in [9.17, 15) is 4.79 Å². The van der Waals surface area contributed by atoms with Crippen LogP contribution in [0.4, 0.5) is 0 Å². The van der Waals surface area contributed by atoms with Crippen LogP contribution in [0.25, 0.3) is 6.08 Å². The Balaban J connectivity index is 1.83. The number of amides is 1. The van der Waals surface area contributed by atoms with Crippen LogP contribution in [0.15, 0.2) is 63.8 Å². The van der Waals surface area contributed by atoms with Crippen LogP contribution in [0.5, 0.6) is 0 Å². The van der Waals surface area contributed by atoms with Crippen molar-refractivity contribution < 1.29 is 9.21 Å². The Bertz CT molecular complexity index is 670. The van der Waals surface area contributed by atoms with Gasteiger partial charge in [-0.05, 0) is 30.7 Å². The van der Waals surface area contributed by atoms with Crippen molar-refractivity contribution in [1.82, 2.24) is 4.90 Å². The largest absolute Gasteiger partial charge is 0.467 e. The third-order valence-electron chi connectivity index (χ3n) is 3.13. The van der Waals surface area contributed by atoms with Crippen LogP contribution in [0.3, 0.4) is 0 Å². The zero-order valence-electron chi connectivity index (χ0n) is 11.1. The molecule has 0 saturated heterocycles. The quantitative estimate of drug-likeness (QED) is 0.801. The van der Waals surface area contributed by atoms with Crippen LogP contribution >= 0.6 is 0 Å². The van der Waals surface area contributed by atoms with Crippen molar-refractivity contribution in [2.24, 2.45) is 4.99 Å². The Morgan fingerprint density at radius 2 is 2.00 bits per heavy atom. The van der Waals surface area contributed by atoms with E-state index in [-0.39, 0.29) is 5.91 Å². The zero-order chi connectivity index (χ0) is 13.9. The fraction of sp³-hybridized carbons (Fsp3) is 0.125. The second-order valence-electron chi connectivity index (χ2n) is 4.57. The number of furan rings is 1. The van der Waals surface area contributed by atoms with Gasteiger partial charge in [-0.2, -0.15) is 0 Å². The molecule has 1 amide bonds. The van der Waals surface area contributed by atoms with Crippen LogP contribution < -0.4 is 0 Å². The predicted molar refractivity (Wildman–Crippen MR) is 76.8 cm³/mol. The van der Waals surface area contributed by atoms with Crippen molar-refractivity contribution in [3.05, 3.63) is 65.7 Å². The summed E-state index contributed by atoms with van der Waals surface area (Å²) < 4.78 is 5.28. The van der Waals surface area contributed by atoms with Gasteiger partial charge < -0.3 is 4.42 Å². The van der Waals surface area contributed by atoms with Gasteiger partial charge in [0.1, 0.15) is 17.3 Å². The summed E-state index contributed by atoms with van der Waals surface area (Å²) in [6.07, 6.45) is 3.40. The summed E-state index contributed by atoms with van der Waals surface area (Å²) in [4.78, 5) is 18.3. The number of nitrogens with zero attached hydrogens (tertiary/aromatic N) is 2. The zero-order valence-corrected chi connectivity index (χ0v) is 11.1. The number of carbonyl (C=O) groups excluding carboxylic acids is 1. The molecule has 0 atom stereocenters. The van der Waals surface area contributed by atoms with Gasteiger partial charge in [-0.25, -0.2) is 4.99 Å². The van der Waals surface area contributed by atoms with Crippen molar-refractivity contribution in [3.63, 3.8) is 0 Å². The molecule has 0 bridgehead atoms. The smallest absolute Gasteiger partial charge is 0.278 e. The van der Waals surface area contributed by atoms with E-state index >= 15 is 0 Å². The predicted octanol–water partition coefficient (Wildman–Crippen LogP) is 3.08. The molecule has 2 aromatic rings. The van der Waals surface area contributed by atoms with E-state index in [0.717, 1.165) is 11.3 Å². The maximum Gasteiger partial charge on any atom is 0.278 e. The van der Waals surface area contributed by atoms with Crippen molar-refractivity contribution in [2.75, 3.05) is 0 Å². The Morgan fingerprint density at radius 3 is 2.70 bits per heavy atom. The summed E-state index contributed by atoms with van der Waals surface area (Å²) in [6, 6.07) is 13.4. The number of hydrogen-bond donors (Lipinski definition) is 0. The normalized spacial score (nSPS) is 16.9. The minimum Gasteiger partial charge on any atom is -0.467 e. The lowest BCUT2D eigenvalue weighted by molar-refractivity contribution is -0.123. The standard InChI is InChI=1S/C16H14N2O2/c1-12-17-15(10-13-6-3-2-4-7-13)16(19)18(12)11-14-8-5-9-20-14/h2-10H,11H2,1H3/b15-10+. The van der Waals surface area contributed by atoms with Gasteiger partial charge >= 0.3 is 0 Å². The molecule has 1 aromatic heterocycles. The van der Waals surface area contributed by atoms with Gasteiger partial charge in [0.2, 0.25) is 0 Å². The molecule has 1 aliphatic heterocycles. The topological polar surface area (TPSA) is 45.8 Å². The lowest BCUT2D eigenvalue weighted by Crippen LogP contribution is -2.29. The van der Waals surface area contributed by atoms with E-state index < -0.39 is 0 Å². The van der Waals surface area contributed by atoms with E-state index in [0.29, 0.717) is 18.1 Å². The molecule has 0 saturated carbocycles. The Labute approximate surface area is 117 Å². The lowest BCUT2D eigenvalue weighted by atomic mass is 10.2. The van der Waals surface area contributed by atoms with E-state index in [1.54, 1.807) is 17.2 Å². The van der Waals surface area contributed by atoms with Gasteiger partial charge in [0, 0.05) is 0 Å². The van der Waals surface area contributed by atoms with Crippen LogP contribution in [0.1, 0.15) is 18.2 Å². The molecular formula is C16H14N2O2. The highest BCUT2D eigenvalue weighted by molar-refractivity contribution is 6.13. The third-order valence-corrected chi connectivity index (χ3v) is 3.13. The first-order valence-corrected chi connectivity index (χ1v) is 6.40. The van der Waals surface area contributed by atoms with Crippen molar-refractivity contribution in [2.45, 2.75) is 13.5 Å². The monoisotopic (exact) mass is 266 g/mol. The second-order valence-corrected chi connectivity index (χ2v) is 4.57. The fourth-order valence-electron chi connectivity index (χ4n) is 2.11. The lowest BCUT2D eigenvalue weighted by Gasteiger charge is -2.13. The van der Waals surface area contributed by atoms with E-state index in [1.807, 2.05) is 49.4 Å². The summed E-state index contributed by atoms with van der Waals surface area (Å²) >= 11 is 0. The molecule has 1 aromatic carbocycles. The first-order chi connectivity index (χ1) is 9.74. The van der Waals surface area contributed by atoms with Gasteiger partial charge in [0.25, 0.3) is 5.91 Å². The minimum atomic E-state index is -0.0947. The molecule has 20 heavy (non-hydrogen) atoms. The Hall–Kier alpha value is -2.62. The molecular weight excluding hydrogens is 252 g/mol. The first-order valence-electron chi connectivity index (χ1n) is 6.40. The average molecular weight is 266 g/mol. The van der Waals surface area contributed by atoms with Crippen LogP contribution in [0, 0.1) is 0 Å². The molecule has 0 N–H and O–H groups in total. The molecule has 0 unspecified atom stereocenters. The fourth-order valence-corrected chi connectivity index (χ4v) is 2.11. The van der Waals surface area contributed by atoms with Gasteiger partial charge in [-0.1, -0.05) is 30.3 Å². The van der Waals surface area contributed by atoms with Gasteiger partial charge in [-0.3, -0.25) is 9.69 Å². The van der Waals surface area contributed by atoms with Gasteiger partial charge in [0.05, 0.1) is 12.8 Å². The summed E-state index contributed by atoms with van der Waals surface area (Å²) in [6.45, 7) is 2.24. The summed E-state index contributed by atoms with van der Waals surface area (Å²) in [5.41, 5.74) is 1.42. The summed E-state index contributed by atoms with van der Waals surface area (Å²) in [5.74, 6) is 1.34. The SMILES string of the molecule is CC1=N/C(=C/c2ccccc2)C(=O)N1Cc1ccco1. The Morgan fingerprint density at radius 1 is 1.20 bits per heavy atom.